The molecule has 1 aromatic rings. The summed E-state index contributed by atoms with van der Waals surface area (Å²) in [6, 6.07) is 6.09. The minimum Gasteiger partial charge on any atom is -0.508 e. The largest absolute Gasteiger partial charge is 0.508 e. The first-order valence-electron chi connectivity index (χ1n) is 4.30. The molecule has 0 saturated carbocycles. The van der Waals surface area contributed by atoms with Gasteiger partial charge in [0, 0.05) is 6.04 Å². The molecule has 0 spiro atoms. The zero-order valence-corrected chi connectivity index (χ0v) is 7.17. The van der Waals surface area contributed by atoms with Crippen molar-refractivity contribution in [2.24, 2.45) is 0 Å². The van der Waals surface area contributed by atoms with Gasteiger partial charge in [-0.25, -0.2) is 0 Å². The summed E-state index contributed by atoms with van der Waals surface area (Å²) in [4.78, 5) is 0. The number of aromatic hydroxyl groups is 1. The molecule has 2 nitrogen and oxygen atoms in total. The average Bonchev–Trinajstić information content (AvgIpc) is 1.91. The topological polar surface area (TPSA) is 32.3 Å². The fourth-order valence-electron chi connectivity index (χ4n) is 1.60. The van der Waals surface area contributed by atoms with Gasteiger partial charge in [0.2, 0.25) is 0 Å². The van der Waals surface area contributed by atoms with Crippen LogP contribution in [0, 0.1) is 6.92 Å². The molecule has 1 atom stereocenters. The molecule has 1 aromatic carbocycles. The van der Waals surface area contributed by atoms with Crippen molar-refractivity contribution in [2.75, 3.05) is 6.54 Å². The Morgan fingerprint density at radius 2 is 2.25 bits per heavy atom. The van der Waals surface area contributed by atoms with Gasteiger partial charge in [-0.2, -0.15) is 0 Å². The molecular formula is C10H13NO. The number of phenolic OH excluding ortho intramolecular Hbond substituents is 1. The molecule has 1 fully saturated rings. The number of nitrogens with one attached hydrogen (secondary N) is 1. The van der Waals surface area contributed by atoms with Gasteiger partial charge in [0.1, 0.15) is 5.75 Å². The van der Waals surface area contributed by atoms with Gasteiger partial charge in [-0.05, 0) is 43.1 Å². The van der Waals surface area contributed by atoms with Crippen LogP contribution in [0.2, 0.25) is 0 Å². The fourth-order valence-corrected chi connectivity index (χ4v) is 1.60. The SMILES string of the molecule is Cc1cc(O)ccc1C1CCN1. The Hall–Kier alpha value is -1.02. The molecule has 2 rings (SSSR count). The molecule has 1 saturated heterocycles. The molecular weight excluding hydrogens is 150 g/mol. The van der Waals surface area contributed by atoms with Crippen LogP contribution in [0.5, 0.6) is 5.75 Å². The Morgan fingerprint density at radius 3 is 2.75 bits per heavy atom. The first kappa shape index (κ1) is 7.62. The molecule has 12 heavy (non-hydrogen) atoms. The molecule has 0 aromatic heterocycles. The van der Waals surface area contributed by atoms with Crippen LogP contribution < -0.4 is 5.32 Å². The molecule has 0 radical (unpaired) electrons. The molecule has 2 heteroatoms. The molecule has 2 N–H and O–H groups in total. The van der Waals surface area contributed by atoms with Crippen LogP contribution >= 0.6 is 0 Å². The summed E-state index contributed by atoms with van der Waals surface area (Å²) in [6.07, 6.45) is 1.21. The molecule has 64 valence electrons. The second-order valence-corrected chi connectivity index (χ2v) is 3.34. The smallest absolute Gasteiger partial charge is 0.115 e. The molecule has 1 heterocycles. The third-order valence-electron chi connectivity index (χ3n) is 2.45. The highest BCUT2D eigenvalue weighted by Crippen LogP contribution is 2.27. The van der Waals surface area contributed by atoms with E-state index in [0.29, 0.717) is 11.8 Å². The Kier molecular flexibility index (Phi) is 1.77. The van der Waals surface area contributed by atoms with Crippen molar-refractivity contribution in [3.8, 4) is 5.75 Å². The van der Waals surface area contributed by atoms with Crippen molar-refractivity contribution >= 4 is 0 Å². The van der Waals surface area contributed by atoms with E-state index < -0.39 is 0 Å². The van der Waals surface area contributed by atoms with Gasteiger partial charge < -0.3 is 10.4 Å². The highest BCUT2D eigenvalue weighted by molar-refractivity contribution is 5.36. The van der Waals surface area contributed by atoms with E-state index in [-0.39, 0.29) is 0 Å². The monoisotopic (exact) mass is 163 g/mol. The summed E-state index contributed by atoms with van der Waals surface area (Å²) >= 11 is 0. The first-order valence-corrected chi connectivity index (χ1v) is 4.30. The Labute approximate surface area is 72.2 Å². The average molecular weight is 163 g/mol. The van der Waals surface area contributed by atoms with Crippen molar-refractivity contribution in [3.05, 3.63) is 29.3 Å². The van der Waals surface area contributed by atoms with E-state index in [1.54, 1.807) is 6.07 Å². The summed E-state index contributed by atoms with van der Waals surface area (Å²) < 4.78 is 0. The maximum Gasteiger partial charge on any atom is 0.115 e. The minimum atomic E-state index is 0.357. The third kappa shape index (κ3) is 1.18. The summed E-state index contributed by atoms with van der Waals surface area (Å²) in [5.74, 6) is 0.357. The lowest BCUT2D eigenvalue weighted by Crippen LogP contribution is -2.35. The summed E-state index contributed by atoms with van der Waals surface area (Å²) in [7, 11) is 0. The van der Waals surface area contributed by atoms with Gasteiger partial charge in [0.25, 0.3) is 0 Å². The van der Waals surface area contributed by atoms with Crippen LogP contribution in [0.1, 0.15) is 23.6 Å². The normalized spacial score (nSPS) is 21.9. The zero-order valence-electron chi connectivity index (χ0n) is 7.17. The van der Waals surface area contributed by atoms with Crippen molar-refractivity contribution in [1.82, 2.24) is 5.32 Å². The highest BCUT2D eigenvalue weighted by atomic mass is 16.3. The lowest BCUT2D eigenvalue weighted by molar-refractivity contribution is 0.381. The van der Waals surface area contributed by atoms with Gasteiger partial charge in [-0.3, -0.25) is 0 Å². The van der Waals surface area contributed by atoms with Crippen molar-refractivity contribution < 1.29 is 5.11 Å². The summed E-state index contributed by atoms with van der Waals surface area (Å²) in [5.41, 5.74) is 2.49. The van der Waals surface area contributed by atoms with E-state index in [9.17, 15) is 5.11 Å². The molecule has 1 unspecified atom stereocenters. The van der Waals surface area contributed by atoms with Crippen LogP contribution in [0.4, 0.5) is 0 Å². The summed E-state index contributed by atoms with van der Waals surface area (Å²) in [5, 5.41) is 12.5. The van der Waals surface area contributed by atoms with Crippen molar-refractivity contribution in [3.63, 3.8) is 0 Å². The quantitative estimate of drug-likeness (QED) is 0.661. The number of aryl methyl sites for hydroxylation is 1. The van der Waals surface area contributed by atoms with Gasteiger partial charge in [-0.1, -0.05) is 6.07 Å². The van der Waals surface area contributed by atoms with E-state index in [1.165, 1.54) is 17.5 Å². The molecule has 0 aliphatic carbocycles. The van der Waals surface area contributed by atoms with Crippen molar-refractivity contribution in [1.29, 1.82) is 0 Å². The fraction of sp³-hybridized carbons (Fsp3) is 0.400. The van der Waals surface area contributed by atoms with Gasteiger partial charge in [0.05, 0.1) is 0 Å². The predicted molar refractivity (Wildman–Crippen MR) is 48.2 cm³/mol. The standard InChI is InChI=1S/C10H13NO/c1-7-6-8(12)2-3-9(7)10-4-5-11-10/h2-3,6,10-12H,4-5H2,1H3. The molecule has 1 aliphatic heterocycles. The van der Waals surface area contributed by atoms with Crippen LogP contribution in [0.25, 0.3) is 0 Å². The highest BCUT2D eigenvalue weighted by Gasteiger charge is 2.19. The van der Waals surface area contributed by atoms with E-state index in [4.69, 9.17) is 0 Å². The predicted octanol–water partition coefficient (Wildman–Crippen LogP) is 1.74. The van der Waals surface area contributed by atoms with Crippen LogP contribution in [0.3, 0.4) is 0 Å². The van der Waals surface area contributed by atoms with Crippen LogP contribution in [0.15, 0.2) is 18.2 Å². The number of hydrogen-bond acceptors (Lipinski definition) is 2. The second-order valence-electron chi connectivity index (χ2n) is 3.34. The van der Waals surface area contributed by atoms with Crippen LogP contribution in [-0.2, 0) is 0 Å². The second kappa shape index (κ2) is 2.79. The van der Waals surface area contributed by atoms with E-state index in [0.717, 1.165) is 6.54 Å². The number of rotatable bonds is 1. The third-order valence-corrected chi connectivity index (χ3v) is 2.45. The van der Waals surface area contributed by atoms with Gasteiger partial charge in [-0.15, -0.1) is 0 Å². The minimum absolute atomic E-state index is 0.357. The zero-order chi connectivity index (χ0) is 8.55. The van der Waals surface area contributed by atoms with Gasteiger partial charge >= 0.3 is 0 Å². The summed E-state index contributed by atoms with van der Waals surface area (Å²) in [6.45, 7) is 3.15. The van der Waals surface area contributed by atoms with Crippen molar-refractivity contribution in [2.45, 2.75) is 19.4 Å². The van der Waals surface area contributed by atoms with Crippen LogP contribution in [-0.4, -0.2) is 11.7 Å². The van der Waals surface area contributed by atoms with E-state index in [2.05, 4.69) is 5.32 Å². The first-order chi connectivity index (χ1) is 5.77. The maximum atomic E-state index is 9.19. The maximum absolute atomic E-state index is 9.19. The Balaban J connectivity index is 2.31. The number of phenols is 1. The molecule has 0 bridgehead atoms. The van der Waals surface area contributed by atoms with E-state index in [1.807, 2.05) is 19.1 Å². The molecule has 0 amide bonds. The van der Waals surface area contributed by atoms with Gasteiger partial charge in [0.15, 0.2) is 0 Å². The Bertz CT molecular complexity index is 292. The number of benzene rings is 1. The van der Waals surface area contributed by atoms with E-state index >= 15 is 0 Å². The molecule has 1 aliphatic rings. The lowest BCUT2D eigenvalue weighted by Gasteiger charge is -2.29. The lowest BCUT2D eigenvalue weighted by atomic mass is 9.94. The Morgan fingerprint density at radius 1 is 1.50 bits per heavy atom. The number of hydrogen-bond donors (Lipinski definition) is 2.